The SMILES string of the molecule is C#CCC(NC(C)=O)C(C)C. The van der Waals surface area contributed by atoms with E-state index in [2.05, 4.69) is 11.2 Å². The van der Waals surface area contributed by atoms with Crippen molar-refractivity contribution in [3.8, 4) is 12.3 Å². The van der Waals surface area contributed by atoms with Gasteiger partial charge in [0.1, 0.15) is 0 Å². The summed E-state index contributed by atoms with van der Waals surface area (Å²) in [6, 6.07) is 0.123. The maximum Gasteiger partial charge on any atom is 0.217 e. The topological polar surface area (TPSA) is 29.1 Å². The first kappa shape index (κ1) is 10.0. The lowest BCUT2D eigenvalue weighted by molar-refractivity contribution is -0.119. The summed E-state index contributed by atoms with van der Waals surface area (Å²) in [7, 11) is 0. The average molecular weight is 153 g/mol. The van der Waals surface area contributed by atoms with Crippen molar-refractivity contribution in [2.24, 2.45) is 5.92 Å². The summed E-state index contributed by atoms with van der Waals surface area (Å²) in [5.74, 6) is 2.92. The van der Waals surface area contributed by atoms with E-state index in [1.54, 1.807) is 0 Å². The first-order valence-corrected chi connectivity index (χ1v) is 3.78. The van der Waals surface area contributed by atoms with E-state index in [1.165, 1.54) is 6.92 Å². The molecule has 0 rings (SSSR count). The zero-order valence-corrected chi connectivity index (χ0v) is 7.35. The monoisotopic (exact) mass is 153 g/mol. The molecule has 0 spiro atoms. The van der Waals surface area contributed by atoms with Crippen LogP contribution in [0.15, 0.2) is 0 Å². The maximum absolute atomic E-state index is 10.7. The molecule has 0 aromatic heterocycles. The van der Waals surface area contributed by atoms with Crippen molar-refractivity contribution in [2.75, 3.05) is 0 Å². The second-order valence-corrected chi connectivity index (χ2v) is 2.96. The van der Waals surface area contributed by atoms with E-state index in [-0.39, 0.29) is 11.9 Å². The van der Waals surface area contributed by atoms with Crippen LogP contribution >= 0.6 is 0 Å². The quantitative estimate of drug-likeness (QED) is 0.606. The highest BCUT2D eigenvalue weighted by Gasteiger charge is 2.11. The molecule has 62 valence electrons. The van der Waals surface area contributed by atoms with Crippen molar-refractivity contribution in [3.05, 3.63) is 0 Å². The number of hydrogen-bond donors (Lipinski definition) is 1. The summed E-state index contributed by atoms with van der Waals surface area (Å²) in [4.78, 5) is 10.7. The van der Waals surface area contributed by atoms with Crippen LogP contribution in [0.2, 0.25) is 0 Å². The highest BCUT2D eigenvalue weighted by molar-refractivity contribution is 5.73. The predicted molar refractivity (Wildman–Crippen MR) is 45.9 cm³/mol. The van der Waals surface area contributed by atoms with Crippen LogP contribution in [0.5, 0.6) is 0 Å². The smallest absolute Gasteiger partial charge is 0.217 e. The lowest BCUT2D eigenvalue weighted by Gasteiger charge is -2.18. The van der Waals surface area contributed by atoms with Gasteiger partial charge in [0.25, 0.3) is 0 Å². The first-order chi connectivity index (χ1) is 5.07. The molecular weight excluding hydrogens is 138 g/mol. The summed E-state index contributed by atoms with van der Waals surface area (Å²) in [6.07, 6.45) is 5.75. The average Bonchev–Trinajstić information content (AvgIpc) is 1.86. The molecule has 0 saturated heterocycles. The fraction of sp³-hybridized carbons (Fsp3) is 0.667. The van der Waals surface area contributed by atoms with E-state index in [1.807, 2.05) is 13.8 Å². The van der Waals surface area contributed by atoms with Crippen LogP contribution in [0.3, 0.4) is 0 Å². The number of carbonyl (C=O) groups is 1. The van der Waals surface area contributed by atoms with Gasteiger partial charge in [-0.15, -0.1) is 12.3 Å². The zero-order chi connectivity index (χ0) is 8.85. The largest absolute Gasteiger partial charge is 0.352 e. The third-order valence-corrected chi connectivity index (χ3v) is 1.53. The van der Waals surface area contributed by atoms with Gasteiger partial charge in [-0.25, -0.2) is 0 Å². The Bertz CT molecular complexity index is 167. The predicted octanol–water partition coefficient (Wildman–Crippen LogP) is 1.17. The van der Waals surface area contributed by atoms with E-state index in [0.29, 0.717) is 12.3 Å². The molecule has 0 aliphatic carbocycles. The number of hydrogen-bond acceptors (Lipinski definition) is 1. The summed E-state index contributed by atoms with van der Waals surface area (Å²) in [5.41, 5.74) is 0. The molecule has 0 aliphatic heterocycles. The standard InChI is InChI=1S/C9H15NO/c1-5-6-9(7(2)3)10-8(4)11/h1,7,9H,6H2,2-4H3,(H,10,11). The van der Waals surface area contributed by atoms with Crippen molar-refractivity contribution < 1.29 is 4.79 Å². The van der Waals surface area contributed by atoms with Gasteiger partial charge in [-0.1, -0.05) is 13.8 Å². The van der Waals surface area contributed by atoms with E-state index in [4.69, 9.17) is 6.42 Å². The van der Waals surface area contributed by atoms with Crippen LogP contribution in [0.25, 0.3) is 0 Å². The van der Waals surface area contributed by atoms with Crippen molar-refractivity contribution in [3.63, 3.8) is 0 Å². The number of carbonyl (C=O) groups excluding carboxylic acids is 1. The van der Waals surface area contributed by atoms with Gasteiger partial charge in [0.05, 0.1) is 0 Å². The molecule has 0 aromatic rings. The van der Waals surface area contributed by atoms with Gasteiger partial charge in [0, 0.05) is 19.4 Å². The number of amides is 1. The minimum Gasteiger partial charge on any atom is -0.352 e. The van der Waals surface area contributed by atoms with Gasteiger partial charge in [-0.3, -0.25) is 4.79 Å². The van der Waals surface area contributed by atoms with Crippen molar-refractivity contribution in [1.29, 1.82) is 0 Å². The van der Waals surface area contributed by atoms with Gasteiger partial charge >= 0.3 is 0 Å². The maximum atomic E-state index is 10.7. The Morgan fingerprint density at radius 3 is 2.45 bits per heavy atom. The first-order valence-electron chi connectivity index (χ1n) is 3.78. The Morgan fingerprint density at radius 2 is 2.18 bits per heavy atom. The van der Waals surface area contributed by atoms with Crippen LogP contribution in [0.4, 0.5) is 0 Å². The molecule has 2 nitrogen and oxygen atoms in total. The van der Waals surface area contributed by atoms with Crippen molar-refractivity contribution >= 4 is 5.91 Å². The number of nitrogens with one attached hydrogen (secondary N) is 1. The Kier molecular flexibility index (Phi) is 4.36. The van der Waals surface area contributed by atoms with Crippen LogP contribution < -0.4 is 5.32 Å². The summed E-state index contributed by atoms with van der Waals surface area (Å²) >= 11 is 0. The molecule has 1 amide bonds. The minimum absolute atomic E-state index is 0.0149. The Morgan fingerprint density at radius 1 is 1.64 bits per heavy atom. The number of terminal acetylenes is 1. The minimum atomic E-state index is -0.0149. The summed E-state index contributed by atoms with van der Waals surface area (Å²) < 4.78 is 0. The van der Waals surface area contributed by atoms with E-state index in [0.717, 1.165) is 0 Å². The van der Waals surface area contributed by atoms with Gasteiger partial charge in [0.15, 0.2) is 0 Å². The second kappa shape index (κ2) is 4.79. The zero-order valence-electron chi connectivity index (χ0n) is 7.35. The normalized spacial score (nSPS) is 12.3. The summed E-state index contributed by atoms with van der Waals surface area (Å²) in [5, 5.41) is 2.80. The van der Waals surface area contributed by atoms with Gasteiger partial charge in [-0.05, 0) is 5.92 Å². The molecule has 0 saturated carbocycles. The molecular formula is C9H15NO. The Labute approximate surface area is 68.4 Å². The van der Waals surface area contributed by atoms with Crippen LogP contribution in [0, 0.1) is 18.3 Å². The third kappa shape index (κ3) is 4.44. The number of rotatable bonds is 3. The van der Waals surface area contributed by atoms with Crippen molar-refractivity contribution in [1.82, 2.24) is 5.32 Å². The summed E-state index contributed by atoms with van der Waals surface area (Å²) in [6.45, 7) is 5.59. The molecule has 11 heavy (non-hydrogen) atoms. The van der Waals surface area contributed by atoms with Gasteiger partial charge in [0.2, 0.25) is 5.91 Å². The third-order valence-electron chi connectivity index (χ3n) is 1.53. The molecule has 1 N–H and O–H groups in total. The Hall–Kier alpha value is -0.970. The van der Waals surface area contributed by atoms with Crippen LogP contribution in [0.1, 0.15) is 27.2 Å². The molecule has 0 heterocycles. The lowest BCUT2D eigenvalue weighted by Crippen LogP contribution is -2.36. The molecule has 1 atom stereocenters. The molecule has 1 unspecified atom stereocenters. The molecule has 0 aliphatic rings. The fourth-order valence-electron chi connectivity index (χ4n) is 0.841. The molecule has 0 aromatic carbocycles. The highest BCUT2D eigenvalue weighted by Crippen LogP contribution is 2.04. The van der Waals surface area contributed by atoms with Crippen LogP contribution in [-0.2, 0) is 4.79 Å². The molecule has 0 radical (unpaired) electrons. The van der Waals surface area contributed by atoms with Crippen molar-refractivity contribution in [2.45, 2.75) is 33.2 Å². The second-order valence-electron chi connectivity index (χ2n) is 2.96. The van der Waals surface area contributed by atoms with E-state index >= 15 is 0 Å². The molecule has 0 fully saturated rings. The lowest BCUT2D eigenvalue weighted by atomic mass is 10.0. The fourth-order valence-corrected chi connectivity index (χ4v) is 0.841. The van der Waals surface area contributed by atoms with Crippen LogP contribution in [-0.4, -0.2) is 11.9 Å². The molecule has 0 bridgehead atoms. The van der Waals surface area contributed by atoms with Gasteiger partial charge < -0.3 is 5.32 Å². The van der Waals surface area contributed by atoms with E-state index < -0.39 is 0 Å². The molecule has 2 heteroatoms. The Balaban J connectivity index is 3.91. The van der Waals surface area contributed by atoms with Gasteiger partial charge in [-0.2, -0.15) is 0 Å². The highest BCUT2D eigenvalue weighted by atomic mass is 16.1. The van der Waals surface area contributed by atoms with E-state index in [9.17, 15) is 4.79 Å².